The molecular weight excluding hydrogens is 312 g/mol. The summed E-state index contributed by atoms with van der Waals surface area (Å²) in [5, 5.41) is 9.87. The third-order valence-electron chi connectivity index (χ3n) is 3.93. The summed E-state index contributed by atoms with van der Waals surface area (Å²) >= 11 is 0. The number of fused-ring (bicyclic) bond motifs is 1. The fraction of sp³-hybridized carbons (Fsp3) is 0.375. The van der Waals surface area contributed by atoms with Gasteiger partial charge in [0.25, 0.3) is 0 Å². The molecule has 23 heavy (non-hydrogen) atoms. The fourth-order valence-corrected chi connectivity index (χ4v) is 3.74. The van der Waals surface area contributed by atoms with Gasteiger partial charge in [0.05, 0.1) is 23.4 Å². The first-order chi connectivity index (χ1) is 10.9. The van der Waals surface area contributed by atoms with Gasteiger partial charge in [0, 0.05) is 24.5 Å². The Hall–Kier alpha value is -2.17. The van der Waals surface area contributed by atoms with Crippen molar-refractivity contribution in [2.24, 2.45) is 0 Å². The van der Waals surface area contributed by atoms with Crippen molar-refractivity contribution in [2.75, 3.05) is 24.2 Å². The topological polar surface area (TPSA) is 86.1 Å². The minimum absolute atomic E-state index is 0.0859. The molecule has 0 amide bonds. The van der Waals surface area contributed by atoms with Crippen molar-refractivity contribution < 1.29 is 8.42 Å². The molecule has 1 N–H and O–H groups in total. The molecule has 0 bridgehead atoms. The molecule has 1 unspecified atom stereocenters. The van der Waals surface area contributed by atoms with Crippen LogP contribution in [0.3, 0.4) is 0 Å². The molecule has 1 atom stereocenters. The number of nitriles is 1. The zero-order valence-electron chi connectivity index (χ0n) is 12.9. The van der Waals surface area contributed by atoms with E-state index in [1.54, 1.807) is 6.07 Å². The minimum atomic E-state index is -3.20. The number of rotatable bonds is 3. The molecule has 0 radical (unpaired) electrons. The van der Waals surface area contributed by atoms with E-state index >= 15 is 0 Å². The molecule has 6 nitrogen and oxygen atoms in total. The first-order valence-electron chi connectivity index (χ1n) is 7.48. The van der Waals surface area contributed by atoms with Crippen LogP contribution in [0.25, 0.3) is 10.9 Å². The predicted octanol–water partition coefficient (Wildman–Crippen LogP) is 1.62. The zero-order chi connectivity index (χ0) is 16.4. The number of sulfonamides is 1. The Morgan fingerprint density at radius 3 is 2.91 bits per heavy atom. The van der Waals surface area contributed by atoms with Crippen LogP contribution < -0.4 is 9.62 Å². The maximum Gasteiger partial charge on any atom is 0.209 e. The van der Waals surface area contributed by atoms with Crippen LogP contribution in [-0.2, 0) is 10.0 Å². The number of aromatic nitrogens is 1. The zero-order valence-corrected chi connectivity index (χ0v) is 13.7. The Bertz CT molecular complexity index is 873. The Morgan fingerprint density at radius 1 is 1.35 bits per heavy atom. The largest absolute Gasteiger partial charge is 0.355 e. The number of piperidine rings is 1. The molecule has 1 fully saturated rings. The highest BCUT2D eigenvalue weighted by atomic mass is 32.2. The molecule has 0 aliphatic carbocycles. The summed E-state index contributed by atoms with van der Waals surface area (Å²) < 4.78 is 25.5. The highest BCUT2D eigenvalue weighted by Crippen LogP contribution is 2.22. The van der Waals surface area contributed by atoms with Crippen molar-refractivity contribution >= 4 is 26.7 Å². The summed E-state index contributed by atoms with van der Waals surface area (Å²) in [6.45, 7) is 1.47. The van der Waals surface area contributed by atoms with Gasteiger partial charge < -0.3 is 4.90 Å². The lowest BCUT2D eigenvalue weighted by atomic mass is 10.1. The van der Waals surface area contributed by atoms with Crippen molar-refractivity contribution in [1.82, 2.24) is 9.71 Å². The van der Waals surface area contributed by atoms with E-state index in [0.717, 1.165) is 36.1 Å². The van der Waals surface area contributed by atoms with Gasteiger partial charge in [-0.2, -0.15) is 5.26 Å². The van der Waals surface area contributed by atoms with Gasteiger partial charge in [0.2, 0.25) is 10.0 Å². The van der Waals surface area contributed by atoms with Gasteiger partial charge in [0.1, 0.15) is 5.82 Å². The summed E-state index contributed by atoms with van der Waals surface area (Å²) in [5.74, 6) is 0.835. The lowest BCUT2D eigenvalue weighted by Gasteiger charge is -2.33. The Labute approximate surface area is 135 Å². The van der Waals surface area contributed by atoms with Crippen molar-refractivity contribution in [1.29, 1.82) is 5.26 Å². The van der Waals surface area contributed by atoms with E-state index in [-0.39, 0.29) is 6.04 Å². The molecule has 7 heteroatoms. The molecule has 1 aromatic heterocycles. The van der Waals surface area contributed by atoms with E-state index in [1.807, 2.05) is 24.3 Å². The first kappa shape index (κ1) is 15.7. The summed E-state index contributed by atoms with van der Waals surface area (Å²) in [7, 11) is -3.20. The molecule has 120 valence electrons. The van der Waals surface area contributed by atoms with Crippen LogP contribution >= 0.6 is 0 Å². The van der Waals surface area contributed by atoms with Gasteiger partial charge in [-0.05, 0) is 43.2 Å². The van der Waals surface area contributed by atoms with Crippen LogP contribution in [0.4, 0.5) is 5.82 Å². The summed E-state index contributed by atoms with van der Waals surface area (Å²) in [5.41, 5.74) is 1.45. The standard InChI is InChI=1S/C16H18N4O2S/c1-23(21,22)19-14-3-2-8-20(11-14)16-7-5-13-9-12(10-17)4-6-15(13)18-16/h4-7,9,14,19H,2-3,8,11H2,1H3. The number of hydrogen-bond donors (Lipinski definition) is 1. The quantitative estimate of drug-likeness (QED) is 0.924. The van der Waals surface area contributed by atoms with Crippen LogP contribution in [0, 0.1) is 11.3 Å². The number of hydrogen-bond acceptors (Lipinski definition) is 5. The molecule has 1 aliphatic heterocycles. The maximum absolute atomic E-state index is 11.4. The maximum atomic E-state index is 11.4. The summed E-state index contributed by atoms with van der Waals surface area (Å²) in [6.07, 6.45) is 2.94. The lowest BCUT2D eigenvalue weighted by Crippen LogP contribution is -2.47. The Morgan fingerprint density at radius 2 is 2.17 bits per heavy atom. The fourth-order valence-electron chi connectivity index (χ4n) is 2.94. The number of nitrogens with zero attached hydrogens (tertiary/aromatic N) is 3. The van der Waals surface area contributed by atoms with E-state index in [9.17, 15) is 8.42 Å². The van der Waals surface area contributed by atoms with Gasteiger partial charge in [-0.1, -0.05) is 0 Å². The molecule has 1 saturated heterocycles. The van der Waals surface area contributed by atoms with Crippen molar-refractivity contribution in [3.8, 4) is 6.07 Å². The average Bonchev–Trinajstić information content (AvgIpc) is 2.52. The SMILES string of the molecule is CS(=O)(=O)NC1CCCN(c2ccc3cc(C#N)ccc3n2)C1. The van der Waals surface area contributed by atoms with E-state index in [0.29, 0.717) is 12.1 Å². The van der Waals surface area contributed by atoms with Crippen LogP contribution in [0.5, 0.6) is 0 Å². The number of nitrogens with one attached hydrogen (secondary N) is 1. The van der Waals surface area contributed by atoms with Gasteiger partial charge in [-0.15, -0.1) is 0 Å². The molecule has 3 rings (SSSR count). The highest BCUT2D eigenvalue weighted by Gasteiger charge is 2.23. The highest BCUT2D eigenvalue weighted by molar-refractivity contribution is 7.88. The summed E-state index contributed by atoms with van der Waals surface area (Å²) in [6, 6.07) is 11.3. The monoisotopic (exact) mass is 330 g/mol. The van der Waals surface area contributed by atoms with E-state index in [1.165, 1.54) is 6.26 Å². The van der Waals surface area contributed by atoms with Crippen molar-refractivity contribution in [2.45, 2.75) is 18.9 Å². The lowest BCUT2D eigenvalue weighted by molar-refractivity contribution is 0.466. The van der Waals surface area contributed by atoms with Gasteiger partial charge in [0.15, 0.2) is 0 Å². The molecule has 2 aromatic rings. The van der Waals surface area contributed by atoms with Crippen LogP contribution in [-0.4, -0.2) is 38.8 Å². The average molecular weight is 330 g/mol. The first-order valence-corrected chi connectivity index (χ1v) is 9.37. The molecule has 1 aliphatic rings. The van der Waals surface area contributed by atoms with Gasteiger partial charge in [-0.3, -0.25) is 0 Å². The summed E-state index contributed by atoms with van der Waals surface area (Å²) in [4.78, 5) is 6.75. The molecule has 1 aromatic carbocycles. The van der Waals surface area contributed by atoms with E-state index < -0.39 is 10.0 Å². The Balaban J connectivity index is 1.83. The number of pyridine rings is 1. The van der Waals surface area contributed by atoms with Crippen LogP contribution in [0.2, 0.25) is 0 Å². The van der Waals surface area contributed by atoms with E-state index in [4.69, 9.17) is 5.26 Å². The third kappa shape index (κ3) is 3.78. The van der Waals surface area contributed by atoms with Gasteiger partial charge >= 0.3 is 0 Å². The second kappa shape index (κ2) is 6.14. The van der Waals surface area contributed by atoms with Gasteiger partial charge in [-0.25, -0.2) is 18.1 Å². The number of anilines is 1. The second-order valence-electron chi connectivity index (χ2n) is 5.86. The normalized spacial score (nSPS) is 18.8. The Kier molecular flexibility index (Phi) is 4.20. The van der Waals surface area contributed by atoms with E-state index in [2.05, 4.69) is 20.7 Å². The van der Waals surface area contributed by atoms with Crippen molar-refractivity contribution in [3.05, 3.63) is 35.9 Å². The third-order valence-corrected chi connectivity index (χ3v) is 4.69. The van der Waals surface area contributed by atoms with Crippen molar-refractivity contribution in [3.63, 3.8) is 0 Å². The number of benzene rings is 1. The van der Waals surface area contributed by atoms with Crippen LogP contribution in [0.15, 0.2) is 30.3 Å². The molecule has 0 spiro atoms. The molecule has 2 heterocycles. The smallest absolute Gasteiger partial charge is 0.209 e. The molecular formula is C16H18N4O2S. The predicted molar refractivity (Wildman–Crippen MR) is 89.7 cm³/mol. The second-order valence-corrected chi connectivity index (χ2v) is 7.64. The van der Waals surface area contributed by atoms with Crippen LogP contribution in [0.1, 0.15) is 18.4 Å². The minimum Gasteiger partial charge on any atom is -0.355 e. The molecule has 0 saturated carbocycles.